The highest BCUT2D eigenvalue weighted by Gasteiger charge is 2.24. The number of sulfonamides is 1. The zero-order valence-corrected chi connectivity index (χ0v) is 9.18. The fourth-order valence-electron chi connectivity index (χ4n) is 1.50. The van der Waals surface area contributed by atoms with E-state index in [0.29, 0.717) is 18.7 Å². The lowest BCUT2D eigenvalue weighted by atomic mass is 10.3. The molecule has 0 spiro atoms. The van der Waals surface area contributed by atoms with Crippen molar-refractivity contribution in [1.29, 1.82) is 5.26 Å². The summed E-state index contributed by atoms with van der Waals surface area (Å²) in [5, 5.41) is 8.51. The fourth-order valence-corrected chi connectivity index (χ4v) is 2.55. The zero-order chi connectivity index (χ0) is 11.6. The maximum atomic E-state index is 11.6. The molecule has 1 aliphatic heterocycles. The van der Waals surface area contributed by atoms with Crippen LogP contribution in [0.15, 0.2) is 33.6 Å². The molecule has 0 atom stereocenters. The lowest BCUT2D eigenvalue weighted by molar-refractivity contribution is 0.597. The third kappa shape index (κ3) is 1.77. The summed E-state index contributed by atoms with van der Waals surface area (Å²) in [7, 11) is -3.56. The van der Waals surface area contributed by atoms with Crippen LogP contribution in [0.4, 0.5) is 5.69 Å². The molecule has 82 valence electrons. The molecule has 0 saturated heterocycles. The van der Waals surface area contributed by atoms with Crippen molar-refractivity contribution in [3.05, 3.63) is 24.3 Å². The predicted octanol–water partition coefficient (Wildman–Crippen LogP) is 1.14. The van der Waals surface area contributed by atoms with Gasteiger partial charge in [-0.25, -0.2) is 0 Å². The van der Waals surface area contributed by atoms with Crippen LogP contribution in [-0.2, 0) is 10.0 Å². The number of para-hydroxylation sites is 1. The molecule has 0 saturated carbocycles. The lowest BCUT2D eigenvalue weighted by Gasteiger charge is -2.23. The predicted molar refractivity (Wildman–Crippen MR) is 59.7 cm³/mol. The van der Waals surface area contributed by atoms with Gasteiger partial charge in [0.1, 0.15) is 11.2 Å². The summed E-state index contributed by atoms with van der Waals surface area (Å²) in [6, 6.07) is 8.64. The van der Waals surface area contributed by atoms with Gasteiger partial charge in [0.15, 0.2) is 0 Å². The largest absolute Gasteiger partial charge is 0.329 e. The van der Waals surface area contributed by atoms with Gasteiger partial charge in [0.05, 0.1) is 18.2 Å². The minimum atomic E-state index is -3.56. The van der Waals surface area contributed by atoms with Crippen molar-refractivity contribution in [2.24, 2.45) is 4.40 Å². The van der Waals surface area contributed by atoms with E-state index in [1.165, 1.54) is 12.4 Å². The van der Waals surface area contributed by atoms with Crippen molar-refractivity contribution in [2.45, 2.75) is 11.3 Å². The van der Waals surface area contributed by atoms with Crippen LogP contribution >= 0.6 is 0 Å². The molecular weight excluding hydrogens is 226 g/mol. The number of rotatable bonds is 2. The smallest absolute Gasteiger partial charge is 0.285 e. The number of fused-ring (bicyclic) bond motifs is 1. The highest BCUT2D eigenvalue weighted by atomic mass is 32.2. The minimum absolute atomic E-state index is 0.190. The number of nitrogens with zero attached hydrogens (tertiary/aromatic N) is 3. The second-order valence-corrected chi connectivity index (χ2v) is 4.87. The Morgan fingerprint density at radius 1 is 1.38 bits per heavy atom. The SMILES string of the molecule is N#CCCN1C=NS(=O)(=O)c2ccccc21. The second kappa shape index (κ2) is 3.94. The number of anilines is 1. The summed E-state index contributed by atoms with van der Waals surface area (Å²) >= 11 is 0. The maximum Gasteiger partial charge on any atom is 0.285 e. The molecule has 0 unspecified atom stereocenters. The van der Waals surface area contributed by atoms with Gasteiger partial charge in [0.25, 0.3) is 10.0 Å². The van der Waals surface area contributed by atoms with Gasteiger partial charge in [0.2, 0.25) is 0 Å². The number of hydrogen-bond donors (Lipinski definition) is 0. The Morgan fingerprint density at radius 3 is 2.88 bits per heavy atom. The molecule has 1 heterocycles. The average molecular weight is 235 g/mol. The Morgan fingerprint density at radius 2 is 2.12 bits per heavy atom. The standard InChI is InChI=1S/C10H9N3O2S/c11-6-3-7-13-8-12-16(14,15)10-5-2-1-4-9(10)13/h1-2,4-5,8H,3,7H2. The summed E-state index contributed by atoms with van der Waals surface area (Å²) in [6.07, 6.45) is 1.58. The first-order chi connectivity index (χ1) is 7.65. The third-order valence-electron chi connectivity index (χ3n) is 2.24. The molecule has 1 aromatic carbocycles. The van der Waals surface area contributed by atoms with Crippen molar-refractivity contribution in [2.75, 3.05) is 11.4 Å². The third-order valence-corrected chi connectivity index (χ3v) is 3.52. The van der Waals surface area contributed by atoms with E-state index < -0.39 is 10.0 Å². The van der Waals surface area contributed by atoms with Gasteiger partial charge in [-0.3, -0.25) is 0 Å². The molecule has 0 bridgehead atoms. The van der Waals surface area contributed by atoms with Crippen molar-refractivity contribution in [3.63, 3.8) is 0 Å². The summed E-state index contributed by atoms with van der Waals surface area (Å²) in [5.41, 5.74) is 0.577. The molecule has 1 aliphatic rings. The van der Waals surface area contributed by atoms with Gasteiger partial charge in [0, 0.05) is 6.54 Å². The molecule has 0 aliphatic carbocycles. The van der Waals surface area contributed by atoms with Gasteiger partial charge in [-0.1, -0.05) is 12.1 Å². The number of nitriles is 1. The van der Waals surface area contributed by atoms with Gasteiger partial charge in [-0.2, -0.15) is 13.7 Å². The highest BCUT2D eigenvalue weighted by Crippen LogP contribution is 2.28. The second-order valence-electron chi connectivity index (χ2n) is 3.27. The van der Waals surface area contributed by atoms with Gasteiger partial charge >= 0.3 is 0 Å². The first-order valence-electron chi connectivity index (χ1n) is 4.68. The van der Waals surface area contributed by atoms with Crippen LogP contribution in [0.3, 0.4) is 0 Å². The quantitative estimate of drug-likeness (QED) is 0.770. The average Bonchev–Trinajstić information content (AvgIpc) is 2.29. The Kier molecular flexibility index (Phi) is 2.62. The van der Waals surface area contributed by atoms with Crippen molar-refractivity contribution in [3.8, 4) is 6.07 Å². The van der Waals surface area contributed by atoms with E-state index in [4.69, 9.17) is 5.26 Å². The molecule has 0 radical (unpaired) electrons. The Labute approximate surface area is 93.7 Å². The van der Waals surface area contributed by atoms with Gasteiger partial charge < -0.3 is 4.90 Å². The van der Waals surface area contributed by atoms with Gasteiger partial charge in [-0.05, 0) is 12.1 Å². The van der Waals surface area contributed by atoms with E-state index in [-0.39, 0.29) is 4.90 Å². The molecule has 1 aromatic rings. The summed E-state index contributed by atoms with van der Waals surface area (Å²) in [5.74, 6) is 0. The van der Waals surface area contributed by atoms with E-state index in [1.807, 2.05) is 6.07 Å². The summed E-state index contributed by atoms with van der Waals surface area (Å²) < 4.78 is 26.7. The van der Waals surface area contributed by atoms with E-state index in [9.17, 15) is 8.42 Å². The molecule has 16 heavy (non-hydrogen) atoms. The van der Waals surface area contributed by atoms with Gasteiger partial charge in [-0.15, -0.1) is 4.40 Å². The Bertz CT molecular complexity index is 572. The monoisotopic (exact) mass is 235 g/mol. The molecule has 6 heteroatoms. The minimum Gasteiger partial charge on any atom is -0.329 e. The van der Waals surface area contributed by atoms with Crippen LogP contribution in [0, 0.1) is 11.3 Å². The fraction of sp³-hybridized carbons (Fsp3) is 0.200. The van der Waals surface area contributed by atoms with Crippen molar-refractivity contribution >= 4 is 22.0 Å². The molecular formula is C10H9N3O2S. The van der Waals surface area contributed by atoms with Crippen molar-refractivity contribution < 1.29 is 8.42 Å². The van der Waals surface area contributed by atoms with E-state index in [0.717, 1.165) is 0 Å². The van der Waals surface area contributed by atoms with Crippen molar-refractivity contribution in [1.82, 2.24) is 0 Å². The number of benzene rings is 1. The van der Waals surface area contributed by atoms with E-state index in [1.54, 1.807) is 23.1 Å². The normalized spacial score (nSPS) is 16.6. The molecule has 2 rings (SSSR count). The summed E-state index contributed by atoms with van der Waals surface area (Å²) in [6.45, 7) is 0.437. The zero-order valence-electron chi connectivity index (χ0n) is 8.37. The first kappa shape index (κ1) is 10.6. The van der Waals surface area contributed by atoms with Crippen LogP contribution in [0.2, 0.25) is 0 Å². The van der Waals surface area contributed by atoms with Crippen LogP contribution in [-0.4, -0.2) is 21.3 Å². The Hall–Kier alpha value is -1.87. The molecule has 5 nitrogen and oxygen atoms in total. The molecule has 0 aromatic heterocycles. The number of hydrogen-bond acceptors (Lipinski definition) is 4. The molecule has 0 fully saturated rings. The van der Waals surface area contributed by atoms with E-state index >= 15 is 0 Å². The molecule has 0 amide bonds. The van der Waals surface area contributed by atoms with Crippen LogP contribution in [0.1, 0.15) is 6.42 Å². The highest BCUT2D eigenvalue weighted by molar-refractivity contribution is 7.90. The van der Waals surface area contributed by atoms with Crippen LogP contribution in [0.25, 0.3) is 0 Å². The van der Waals surface area contributed by atoms with Crippen LogP contribution < -0.4 is 4.90 Å². The van der Waals surface area contributed by atoms with Crippen LogP contribution in [0.5, 0.6) is 0 Å². The topological polar surface area (TPSA) is 73.5 Å². The van der Waals surface area contributed by atoms with E-state index in [2.05, 4.69) is 4.40 Å². The Balaban J connectivity index is 2.46. The molecule has 0 N–H and O–H groups in total. The lowest BCUT2D eigenvalue weighted by Crippen LogP contribution is -2.27. The maximum absolute atomic E-state index is 11.6. The first-order valence-corrected chi connectivity index (χ1v) is 6.12. The summed E-state index contributed by atoms with van der Waals surface area (Å²) in [4.78, 5) is 1.86.